The standard InChI is InChI=1S/C10H18/c1-4-5-8-9(2)6-7-10(8,9)3/h8H,4-7H2,1-3H3. The quantitative estimate of drug-likeness (QED) is 0.549. The molecule has 0 radical (unpaired) electrons. The normalized spacial score (nSPS) is 57.3. The molecule has 2 aliphatic carbocycles. The maximum Gasteiger partial charge on any atom is -0.0235 e. The second kappa shape index (κ2) is 1.60. The largest absolute Gasteiger partial charge is 0.0654 e. The van der Waals surface area contributed by atoms with Crippen molar-refractivity contribution in [3.05, 3.63) is 0 Å². The predicted octanol–water partition coefficient (Wildman–Crippen LogP) is 3.22. The molecule has 0 aliphatic heterocycles. The Morgan fingerprint density at radius 2 is 1.70 bits per heavy atom. The van der Waals surface area contributed by atoms with Crippen molar-refractivity contribution in [3.63, 3.8) is 0 Å². The van der Waals surface area contributed by atoms with Crippen LogP contribution < -0.4 is 0 Å². The molecule has 2 rings (SSSR count). The lowest BCUT2D eigenvalue weighted by atomic mass is 9.77. The van der Waals surface area contributed by atoms with Crippen LogP contribution in [-0.4, -0.2) is 0 Å². The minimum absolute atomic E-state index is 0.795. The SMILES string of the molecule is CCCC1C2(C)CCC12C. The number of hydrogen-bond donors (Lipinski definition) is 0. The van der Waals surface area contributed by atoms with Gasteiger partial charge in [0, 0.05) is 0 Å². The predicted molar refractivity (Wildman–Crippen MR) is 43.8 cm³/mol. The van der Waals surface area contributed by atoms with Gasteiger partial charge in [-0.05, 0) is 36.0 Å². The van der Waals surface area contributed by atoms with Crippen LogP contribution in [0.1, 0.15) is 46.5 Å². The average molecular weight is 138 g/mol. The maximum absolute atomic E-state index is 2.48. The monoisotopic (exact) mass is 138 g/mol. The first-order chi connectivity index (χ1) is 4.65. The minimum Gasteiger partial charge on any atom is -0.0654 e. The van der Waals surface area contributed by atoms with Gasteiger partial charge in [-0.3, -0.25) is 0 Å². The third-order valence-corrected chi connectivity index (χ3v) is 4.50. The molecule has 58 valence electrons. The third kappa shape index (κ3) is 0.466. The van der Waals surface area contributed by atoms with Gasteiger partial charge in [0.2, 0.25) is 0 Å². The summed E-state index contributed by atoms with van der Waals surface area (Å²) in [6.07, 6.45) is 5.88. The van der Waals surface area contributed by atoms with Crippen LogP contribution in [0.5, 0.6) is 0 Å². The highest BCUT2D eigenvalue weighted by atomic mass is 14.8. The van der Waals surface area contributed by atoms with Crippen molar-refractivity contribution in [1.82, 2.24) is 0 Å². The van der Waals surface area contributed by atoms with E-state index in [1.54, 1.807) is 0 Å². The molecule has 0 bridgehead atoms. The molecule has 2 saturated carbocycles. The summed E-state index contributed by atoms with van der Waals surface area (Å²) in [6, 6.07) is 0. The van der Waals surface area contributed by atoms with Crippen molar-refractivity contribution < 1.29 is 0 Å². The fraction of sp³-hybridized carbons (Fsp3) is 1.00. The van der Waals surface area contributed by atoms with Crippen LogP contribution in [-0.2, 0) is 0 Å². The molecule has 0 aromatic rings. The van der Waals surface area contributed by atoms with Crippen molar-refractivity contribution in [2.75, 3.05) is 0 Å². The molecule has 0 heterocycles. The highest BCUT2D eigenvalue weighted by molar-refractivity contribution is 5.23. The molecule has 0 amide bonds. The molecule has 0 N–H and O–H groups in total. The first kappa shape index (κ1) is 6.69. The van der Waals surface area contributed by atoms with Crippen LogP contribution in [0.3, 0.4) is 0 Å². The van der Waals surface area contributed by atoms with Gasteiger partial charge in [-0.15, -0.1) is 0 Å². The molecule has 0 aromatic carbocycles. The fourth-order valence-corrected chi connectivity index (χ4v) is 3.26. The molecule has 0 nitrogen and oxygen atoms in total. The van der Waals surface area contributed by atoms with Crippen molar-refractivity contribution in [1.29, 1.82) is 0 Å². The molecule has 0 spiro atoms. The zero-order chi connectivity index (χ0) is 7.41. The second-order valence-electron chi connectivity index (χ2n) is 4.68. The summed E-state index contributed by atoms with van der Waals surface area (Å²) in [6.45, 7) is 7.28. The lowest BCUT2D eigenvalue weighted by Crippen LogP contribution is -2.18. The molecule has 2 aliphatic rings. The Hall–Kier alpha value is 0. The molecule has 2 atom stereocenters. The van der Waals surface area contributed by atoms with Crippen LogP contribution in [0, 0.1) is 16.7 Å². The van der Waals surface area contributed by atoms with Gasteiger partial charge in [0.05, 0.1) is 0 Å². The van der Waals surface area contributed by atoms with Crippen molar-refractivity contribution in [2.24, 2.45) is 16.7 Å². The molecular formula is C10H18. The summed E-state index contributed by atoms with van der Waals surface area (Å²) in [5.74, 6) is 1.09. The van der Waals surface area contributed by atoms with Gasteiger partial charge in [0.15, 0.2) is 0 Å². The second-order valence-corrected chi connectivity index (χ2v) is 4.68. The van der Waals surface area contributed by atoms with Gasteiger partial charge < -0.3 is 0 Å². The Morgan fingerprint density at radius 1 is 1.20 bits per heavy atom. The smallest absolute Gasteiger partial charge is 0.0235 e. The van der Waals surface area contributed by atoms with Crippen LogP contribution in [0.4, 0.5) is 0 Å². The molecule has 2 fully saturated rings. The average Bonchev–Trinajstić information content (AvgIpc) is 2.20. The number of fused-ring (bicyclic) bond motifs is 1. The van der Waals surface area contributed by atoms with E-state index in [-0.39, 0.29) is 0 Å². The molecule has 10 heavy (non-hydrogen) atoms. The van der Waals surface area contributed by atoms with E-state index < -0.39 is 0 Å². The Labute approximate surface area is 64.0 Å². The third-order valence-electron chi connectivity index (χ3n) is 4.50. The molecule has 0 saturated heterocycles. The zero-order valence-corrected chi connectivity index (χ0v) is 7.41. The van der Waals surface area contributed by atoms with Gasteiger partial charge in [-0.25, -0.2) is 0 Å². The lowest BCUT2D eigenvalue weighted by molar-refractivity contribution is 0.219. The topological polar surface area (TPSA) is 0 Å². The molecule has 0 aromatic heterocycles. The Bertz CT molecular complexity index is 145. The van der Waals surface area contributed by atoms with Crippen LogP contribution >= 0.6 is 0 Å². The van der Waals surface area contributed by atoms with Crippen molar-refractivity contribution >= 4 is 0 Å². The summed E-state index contributed by atoms with van der Waals surface area (Å²) in [5.41, 5.74) is 1.59. The van der Waals surface area contributed by atoms with E-state index in [2.05, 4.69) is 20.8 Å². The van der Waals surface area contributed by atoms with E-state index in [0.29, 0.717) is 0 Å². The Morgan fingerprint density at radius 3 is 2.00 bits per heavy atom. The molecule has 0 heteroatoms. The first-order valence-corrected chi connectivity index (χ1v) is 4.65. The maximum atomic E-state index is 2.48. The molecule has 2 unspecified atom stereocenters. The summed E-state index contributed by atoms with van der Waals surface area (Å²) in [7, 11) is 0. The van der Waals surface area contributed by atoms with Gasteiger partial charge in [0.1, 0.15) is 0 Å². The van der Waals surface area contributed by atoms with Crippen LogP contribution in [0.25, 0.3) is 0 Å². The zero-order valence-electron chi connectivity index (χ0n) is 7.41. The van der Waals surface area contributed by atoms with Crippen LogP contribution in [0.2, 0.25) is 0 Å². The molecular weight excluding hydrogens is 120 g/mol. The van der Waals surface area contributed by atoms with E-state index in [4.69, 9.17) is 0 Å². The van der Waals surface area contributed by atoms with E-state index in [1.807, 2.05) is 0 Å². The van der Waals surface area contributed by atoms with E-state index >= 15 is 0 Å². The minimum atomic E-state index is 0.795. The van der Waals surface area contributed by atoms with Crippen molar-refractivity contribution in [3.8, 4) is 0 Å². The Kier molecular flexibility index (Phi) is 1.07. The van der Waals surface area contributed by atoms with Crippen molar-refractivity contribution in [2.45, 2.75) is 46.5 Å². The highest BCUT2D eigenvalue weighted by Crippen LogP contribution is 2.82. The lowest BCUT2D eigenvalue weighted by Gasteiger charge is -2.28. The van der Waals surface area contributed by atoms with Gasteiger partial charge in [-0.1, -0.05) is 27.2 Å². The van der Waals surface area contributed by atoms with Gasteiger partial charge >= 0.3 is 0 Å². The first-order valence-electron chi connectivity index (χ1n) is 4.65. The van der Waals surface area contributed by atoms with Gasteiger partial charge in [-0.2, -0.15) is 0 Å². The van der Waals surface area contributed by atoms with E-state index in [9.17, 15) is 0 Å². The summed E-state index contributed by atoms with van der Waals surface area (Å²) in [5, 5.41) is 0. The number of rotatable bonds is 2. The highest BCUT2D eigenvalue weighted by Gasteiger charge is 2.75. The van der Waals surface area contributed by atoms with Crippen LogP contribution in [0.15, 0.2) is 0 Å². The summed E-state index contributed by atoms with van der Waals surface area (Å²) < 4.78 is 0. The van der Waals surface area contributed by atoms with E-state index in [1.165, 1.54) is 25.7 Å². The Balaban J connectivity index is 2.04. The summed E-state index contributed by atoms with van der Waals surface area (Å²) in [4.78, 5) is 0. The number of hydrogen-bond acceptors (Lipinski definition) is 0. The summed E-state index contributed by atoms with van der Waals surface area (Å²) >= 11 is 0. The van der Waals surface area contributed by atoms with E-state index in [0.717, 1.165) is 16.7 Å². The fourth-order valence-electron chi connectivity index (χ4n) is 3.26. The van der Waals surface area contributed by atoms with Gasteiger partial charge in [0.25, 0.3) is 0 Å².